The average molecular weight is 180 g/mol. The van der Waals surface area contributed by atoms with Gasteiger partial charge in [-0.3, -0.25) is 4.68 Å². The van der Waals surface area contributed by atoms with E-state index >= 15 is 0 Å². The van der Waals surface area contributed by atoms with Gasteiger partial charge in [0.1, 0.15) is 0 Å². The van der Waals surface area contributed by atoms with Gasteiger partial charge in [-0.2, -0.15) is 5.10 Å². The minimum Gasteiger partial charge on any atom is -0.267 e. The van der Waals surface area contributed by atoms with E-state index in [1.54, 1.807) is 0 Å². The molecule has 0 saturated carbocycles. The van der Waals surface area contributed by atoms with Gasteiger partial charge < -0.3 is 0 Å². The summed E-state index contributed by atoms with van der Waals surface area (Å²) in [6.07, 6.45) is 3.15. The first-order valence-corrected chi connectivity index (χ1v) is 5.05. The molecule has 0 atom stereocenters. The molecule has 0 unspecified atom stereocenters. The first-order chi connectivity index (χ1) is 6.02. The van der Waals surface area contributed by atoms with Crippen molar-refractivity contribution < 1.29 is 0 Å². The first kappa shape index (κ1) is 10.3. The van der Waals surface area contributed by atoms with Gasteiger partial charge in [-0.1, -0.05) is 13.8 Å². The van der Waals surface area contributed by atoms with Gasteiger partial charge in [0.05, 0.1) is 6.20 Å². The molecule has 1 aromatic heterocycles. The molecule has 0 spiro atoms. The molecule has 0 aliphatic heterocycles. The smallest absolute Gasteiger partial charge is 0.0524 e. The molecule has 0 N–H and O–H groups in total. The third-order valence-corrected chi connectivity index (χ3v) is 2.26. The number of aromatic nitrogens is 2. The predicted molar refractivity (Wildman–Crippen MR) is 55.9 cm³/mol. The standard InChI is InChI=1S/C11H20N2/c1-8(2)6-11-7-12-13(9(3)4)10(11)5/h7-9H,6H2,1-5H3. The van der Waals surface area contributed by atoms with Crippen LogP contribution in [0, 0.1) is 12.8 Å². The molecule has 0 fully saturated rings. The fraction of sp³-hybridized carbons (Fsp3) is 0.727. The molecule has 13 heavy (non-hydrogen) atoms. The number of hydrogen-bond acceptors (Lipinski definition) is 1. The molecule has 1 aromatic rings. The normalized spacial score (nSPS) is 11.6. The molecule has 74 valence electrons. The van der Waals surface area contributed by atoms with E-state index in [9.17, 15) is 0 Å². The highest BCUT2D eigenvalue weighted by Gasteiger charge is 2.09. The third kappa shape index (κ3) is 2.33. The molecule has 2 heteroatoms. The summed E-state index contributed by atoms with van der Waals surface area (Å²) in [4.78, 5) is 0. The summed E-state index contributed by atoms with van der Waals surface area (Å²) in [6.45, 7) is 11.0. The Morgan fingerprint density at radius 2 is 1.92 bits per heavy atom. The van der Waals surface area contributed by atoms with Crippen LogP contribution in [0.3, 0.4) is 0 Å². The highest BCUT2D eigenvalue weighted by atomic mass is 15.3. The lowest BCUT2D eigenvalue weighted by molar-refractivity contribution is 0.517. The van der Waals surface area contributed by atoms with Crippen molar-refractivity contribution in [3.8, 4) is 0 Å². The number of hydrogen-bond donors (Lipinski definition) is 0. The lowest BCUT2D eigenvalue weighted by Crippen LogP contribution is -2.05. The van der Waals surface area contributed by atoms with Crippen LogP contribution in [-0.4, -0.2) is 9.78 Å². The van der Waals surface area contributed by atoms with Crippen molar-refractivity contribution >= 4 is 0 Å². The maximum absolute atomic E-state index is 4.38. The van der Waals surface area contributed by atoms with E-state index in [4.69, 9.17) is 0 Å². The molecular formula is C11H20N2. The first-order valence-electron chi connectivity index (χ1n) is 5.05. The summed E-state index contributed by atoms with van der Waals surface area (Å²) in [5.41, 5.74) is 2.72. The average Bonchev–Trinajstić information content (AvgIpc) is 2.32. The van der Waals surface area contributed by atoms with Gasteiger partial charge in [-0.05, 0) is 38.7 Å². The Balaban J connectivity index is 2.86. The second kappa shape index (κ2) is 3.95. The highest BCUT2D eigenvalue weighted by molar-refractivity contribution is 5.17. The van der Waals surface area contributed by atoms with E-state index in [2.05, 4.69) is 44.4 Å². The molecule has 0 aliphatic rings. The summed E-state index contributed by atoms with van der Waals surface area (Å²) in [6, 6.07) is 0.473. The van der Waals surface area contributed by atoms with E-state index in [0.717, 1.165) is 6.42 Å². The topological polar surface area (TPSA) is 17.8 Å². The zero-order valence-corrected chi connectivity index (χ0v) is 9.33. The van der Waals surface area contributed by atoms with E-state index in [1.807, 2.05) is 6.20 Å². The van der Waals surface area contributed by atoms with Gasteiger partial charge in [0, 0.05) is 11.7 Å². The van der Waals surface area contributed by atoms with Crippen LogP contribution in [0.15, 0.2) is 6.20 Å². The molecule has 0 amide bonds. The van der Waals surface area contributed by atoms with E-state index in [1.165, 1.54) is 11.3 Å². The maximum atomic E-state index is 4.38. The Kier molecular flexibility index (Phi) is 3.12. The molecule has 0 saturated heterocycles. The molecule has 0 aromatic carbocycles. The second-order valence-corrected chi connectivity index (χ2v) is 4.39. The fourth-order valence-corrected chi connectivity index (χ4v) is 1.62. The summed E-state index contributed by atoms with van der Waals surface area (Å²) in [7, 11) is 0. The van der Waals surface area contributed by atoms with Crippen LogP contribution in [0.25, 0.3) is 0 Å². The van der Waals surface area contributed by atoms with Crippen molar-refractivity contribution in [2.45, 2.75) is 47.1 Å². The Labute approximate surface area is 81.0 Å². The summed E-state index contributed by atoms with van der Waals surface area (Å²) < 4.78 is 2.09. The van der Waals surface area contributed by atoms with Gasteiger partial charge >= 0.3 is 0 Å². The lowest BCUT2D eigenvalue weighted by Gasteiger charge is -2.09. The quantitative estimate of drug-likeness (QED) is 0.699. The van der Waals surface area contributed by atoms with Gasteiger partial charge in [0.2, 0.25) is 0 Å². The van der Waals surface area contributed by atoms with Crippen molar-refractivity contribution in [2.24, 2.45) is 5.92 Å². The highest BCUT2D eigenvalue weighted by Crippen LogP contribution is 2.15. The minimum absolute atomic E-state index is 0.473. The molecule has 1 rings (SSSR count). The van der Waals surface area contributed by atoms with Crippen LogP contribution >= 0.6 is 0 Å². The van der Waals surface area contributed by atoms with Gasteiger partial charge in [-0.25, -0.2) is 0 Å². The fourth-order valence-electron chi connectivity index (χ4n) is 1.62. The summed E-state index contributed by atoms with van der Waals surface area (Å²) in [5, 5.41) is 4.38. The summed E-state index contributed by atoms with van der Waals surface area (Å²) in [5.74, 6) is 0.712. The number of nitrogens with zero attached hydrogens (tertiary/aromatic N) is 2. The van der Waals surface area contributed by atoms with Crippen molar-refractivity contribution in [1.82, 2.24) is 9.78 Å². The largest absolute Gasteiger partial charge is 0.267 e. The minimum atomic E-state index is 0.473. The Morgan fingerprint density at radius 3 is 2.31 bits per heavy atom. The molecule has 0 bridgehead atoms. The zero-order chi connectivity index (χ0) is 10.0. The molecule has 0 radical (unpaired) electrons. The van der Waals surface area contributed by atoms with Gasteiger partial charge in [0.15, 0.2) is 0 Å². The van der Waals surface area contributed by atoms with E-state index < -0.39 is 0 Å². The lowest BCUT2D eigenvalue weighted by atomic mass is 10.0. The molecular weight excluding hydrogens is 160 g/mol. The van der Waals surface area contributed by atoms with Crippen molar-refractivity contribution in [3.05, 3.63) is 17.5 Å². The van der Waals surface area contributed by atoms with Crippen LogP contribution in [-0.2, 0) is 6.42 Å². The van der Waals surface area contributed by atoms with Crippen LogP contribution in [0.2, 0.25) is 0 Å². The van der Waals surface area contributed by atoms with Crippen LogP contribution < -0.4 is 0 Å². The molecule has 1 heterocycles. The van der Waals surface area contributed by atoms with Crippen molar-refractivity contribution in [3.63, 3.8) is 0 Å². The Hall–Kier alpha value is -0.790. The second-order valence-electron chi connectivity index (χ2n) is 4.39. The van der Waals surface area contributed by atoms with Crippen molar-refractivity contribution in [1.29, 1.82) is 0 Å². The predicted octanol–water partition coefficient (Wildman–Crippen LogP) is 2.97. The van der Waals surface area contributed by atoms with Crippen molar-refractivity contribution in [2.75, 3.05) is 0 Å². The zero-order valence-electron chi connectivity index (χ0n) is 9.33. The van der Waals surface area contributed by atoms with Gasteiger partial charge in [0.25, 0.3) is 0 Å². The Morgan fingerprint density at radius 1 is 1.31 bits per heavy atom. The SMILES string of the molecule is Cc1c(CC(C)C)cnn1C(C)C. The van der Waals surface area contributed by atoms with Crippen LogP contribution in [0.4, 0.5) is 0 Å². The molecule has 0 aliphatic carbocycles. The van der Waals surface area contributed by atoms with Crippen LogP contribution in [0.1, 0.15) is 45.0 Å². The monoisotopic (exact) mass is 180 g/mol. The van der Waals surface area contributed by atoms with E-state index in [-0.39, 0.29) is 0 Å². The molecule has 2 nitrogen and oxygen atoms in total. The third-order valence-electron chi connectivity index (χ3n) is 2.26. The van der Waals surface area contributed by atoms with Gasteiger partial charge in [-0.15, -0.1) is 0 Å². The Bertz CT molecular complexity index is 272. The summed E-state index contributed by atoms with van der Waals surface area (Å²) >= 11 is 0. The maximum Gasteiger partial charge on any atom is 0.0524 e. The van der Waals surface area contributed by atoms with Crippen LogP contribution in [0.5, 0.6) is 0 Å². The van der Waals surface area contributed by atoms with E-state index in [0.29, 0.717) is 12.0 Å². The number of rotatable bonds is 3.